The van der Waals surface area contributed by atoms with Gasteiger partial charge in [0, 0.05) is 10.5 Å². The van der Waals surface area contributed by atoms with E-state index >= 15 is 0 Å². The summed E-state index contributed by atoms with van der Waals surface area (Å²) in [6, 6.07) is 28.4. The quantitative estimate of drug-likeness (QED) is 0.284. The topological polar surface area (TPSA) is 136 Å². The molecule has 4 N–H and O–H groups in total. The number of thioether (sulfide) groups is 1. The second-order valence-corrected chi connectivity index (χ2v) is 11.9. The summed E-state index contributed by atoms with van der Waals surface area (Å²) in [6.45, 7) is -0.143. The molecule has 3 saturated heterocycles. The summed E-state index contributed by atoms with van der Waals surface area (Å²) in [5.74, 6) is 0. The lowest BCUT2D eigenvalue weighted by Gasteiger charge is -2.49. The Balaban J connectivity index is 1.24. The summed E-state index contributed by atoms with van der Waals surface area (Å²) in [7, 11) is 0. The van der Waals surface area contributed by atoms with Crippen LogP contribution in [-0.4, -0.2) is 94.2 Å². The Bertz CT molecular complexity index is 1270. The molecule has 3 aromatic rings. The summed E-state index contributed by atoms with van der Waals surface area (Å²) in [5, 5.41) is 43.2. The van der Waals surface area contributed by atoms with E-state index in [9.17, 15) is 20.4 Å². The highest BCUT2D eigenvalue weighted by Gasteiger charge is 2.54. The number of rotatable bonds is 9. The monoisotopic (exact) mass is 612 g/mol. The van der Waals surface area contributed by atoms with Crippen LogP contribution in [0.15, 0.2) is 95.9 Å². The summed E-state index contributed by atoms with van der Waals surface area (Å²) in [6.07, 6.45) is -10.5. The van der Waals surface area contributed by atoms with Crippen molar-refractivity contribution in [2.45, 2.75) is 78.4 Å². The fourth-order valence-electron chi connectivity index (χ4n) is 5.50. The van der Waals surface area contributed by atoms with E-state index in [4.69, 9.17) is 28.4 Å². The number of benzene rings is 3. The fourth-order valence-corrected chi connectivity index (χ4v) is 6.64. The average Bonchev–Trinajstić information content (AvgIpc) is 3.05. The molecule has 0 aliphatic carbocycles. The van der Waals surface area contributed by atoms with Crippen LogP contribution in [0.5, 0.6) is 0 Å². The van der Waals surface area contributed by atoms with Crippen molar-refractivity contribution in [3.05, 3.63) is 102 Å². The van der Waals surface area contributed by atoms with Crippen LogP contribution in [0.25, 0.3) is 0 Å². The molecule has 0 saturated carbocycles. The fraction of sp³-hybridized carbons (Fsp3) is 0.438. The molecule has 10 nitrogen and oxygen atoms in total. The predicted octanol–water partition coefficient (Wildman–Crippen LogP) is 2.39. The van der Waals surface area contributed by atoms with Crippen LogP contribution >= 0.6 is 11.8 Å². The van der Waals surface area contributed by atoms with Crippen molar-refractivity contribution in [3.8, 4) is 0 Å². The SMILES string of the molecule is OC[C@H]1O[C@H](Sc2ccccc2)[C@@H](O[C@@H]2O[C@@H]3COC(c4ccccc4)O[C@H]3[C@H](OCc3ccccc3)[C@@H]2O)[C@@H](O)[C@@H]1O. The molecule has 0 bridgehead atoms. The lowest BCUT2D eigenvalue weighted by molar-refractivity contribution is -0.380. The van der Waals surface area contributed by atoms with Crippen molar-refractivity contribution in [2.24, 2.45) is 0 Å². The summed E-state index contributed by atoms with van der Waals surface area (Å²) < 4.78 is 37.0. The smallest absolute Gasteiger partial charge is 0.187 e. The number of fused-ring (bicyclic) bond motifs is 1. The highest BCUT2D eigenvalue weighted by Crippen LogP contribution is 2.39. The first-order valence-corrected chi connectivity index (χ1v) is 15.2. The second kappa shape index (κ2) is 14.1. The lowest BCUT2D eigenvalue weighted by Crippen LogP contribution is -2.65. The minimum absolute atomic E-state index is 0.142. The summed E-state index contributed by atoms with van der Waals surface area (Å²) in [5.41, 5.74) is 0.901. The Labute approximate surface area is 254 Å². The predicted molar refractivity (Wildman–Crippen MR) is 155 cm³/mol. The number of hydrogen-bond acceptors (Lipinski definition) is 11. The molecule has 1 unspecified atom stereocenters. The van der Waals surface area contributed by atoms with E-state index in [1.54, 1.807) is 0 Å². The van der Waals surface area contributed by atoms with Gasteiger partial charge < -0.3 is 48.8 Å². The van der Waals surface area contributed by atoms with Crippen molar-refractivity contribution < 1.29 is 48.8 Å². The van der Waals surface area contributed by atoms with Gasteiger partial charge >= 0.3 is 0 Å². The van der Waals surface area contributed by atoms with E-state index in [2.05, 4.69) is 0 Å². The van der Waals surface area contributed by atoms with E-state index in [1.165, 1.54) is 11.8 Å². The number of hydrogen-bond donors (Lipinski definition) is 4. The first-order valence-electron chi connectivity index (χ1n) is 14.3. The Kier molecular flexibility index (Phi) is 10.1. The van der Waals surface area contributed by atoms with Gasteiger partial charge in [-0.25, -0.2) is 0 Å². The van der Waals surface area contributed by atoms with Crippen LogP contribution in [0.1, 0.15) is 17.4 Å². The molecule has 43 heavy (non-hydrogen) atoms. The third kappa shape index (κ3) is 6.98. The van der Waals surface area contributed by atoms with Gasteiger partial charge in [-0.05, 0) is 17.7 Å². The van der Waals surface area contributed by atoms with Crippen LogP contribution < -0.4 is 0 Å². The second-order valence-electron chi connectivity index (χ2n) is 10.7. The normalized spacial score (nSPS) is 36.1. The molecule has 0 radical (unpaired) electrons. The minimum Gasteiger partial charge on any atom is -0.394 e. The van der Waals surface area contributed by atoms with Crippen molar-refractivity contribution >= 4 is 11.8 Å². The molecule has 0 spiro atoms. The maximum absolute atomic E-state index is 11.6. The molecular weight excluding hydrogens is 576 g/mol. The minimum atomic E-state index is -1.44. The van der Waals surface area contributed by atoms with Gasteiger partial charge in [0.25, 0.3) is 0 Å². The van der Waals surface area contributed by atoms with Gasteiger partial charge in [-0.2, -0.15) is 0 Å². The Morgan fingerprint density at radius 1 is 0.744 bits per heavy atom. The van der Waals surface area contributed by atoms with E-state index in [-0.39, 0.29) is 13.2 Å². The first-order chi connectivity index (χ1) is 21.0. The van der Waals surface area contributed by atoms with Crippen LogP contribution in [0.4, 0.5) is 0 Å². The van der Waals surface area contributed by atoms with Crippen LogP contribution in [0.2, 0.25) is 0 Å². The molecule has 0 amide bonds. The molecule has 11 heteroatoms. The van der Waals surface area contributed by atoms with Crippen LogP contribution in [0.3, 0.4) is 0 Å². The zero-order chi connectivity index (χ0) is 29.8. The highest BCUT2D eigenvalue weighted by atomic mass is 32.2. The molecule has 6 rings (SSSR count). The number of aliphatic hydroxyl groups excluding tert-OH is 4. The third-order valence-corrected chi connectivity index (χ3v) is 8.93. The zero-order valence-corrected chi connectivity index (χ0v) is 24.1. The van der Waals surface area contributed by atoms with E-state index in [0.29, 0.717) is 0 Å². The van der Waals surface area contributed by atoms with Crippen molar-refractivity contribution in [1.29, 1.82) is 0 Å². The Morgan fingerprint density at radius 3 is 2.12 bits per heavy atom. The van der Waals surface area contributed by atoms with Gasteiger partial charge in [-0.1, -0.05) is 90.6 Å². The summed E-state index contributed by atoms with van der Waals surface area (Å²) >= 11 is 1.27. The lowest BCUT2D eigenvalue weighted by atomic mass is 9.96. The van der Waals surface area contributed by atoms with E-state index in [1.807, 2.05) is 91.0 Å². The average molecular weight is 613 g/mol. The molecule has 3 aliphatic rings. The largest absolute Gasteiger partial charge is 0.394 e. The highest BCUT2D eigenvalue weighted by molar-refractivity contribution is 7.99. The van der Waals surface area contributed by atoms with Gasteiger partial charge in [0.2, 0.25) is 0 Å². The number of aliphatic hydroxyl groups is 4. The standard InChI is InChI=1S/C32H36O10S/c33-16-22-24(34)25(35)29(32(40-22)43-21-14-8-3-9-15-21)42-31-26(36)28(37-17-19-10-4-1-5-11-19)27-23(39-31)18-38-30(41-27)20-12-6-2-7-13-20/h1-15,22-36H,16-18H2/t22-,23-,24-,25+,26+,27-,28-,29+,30?,31+,32-/m1/s1. The van der Waals surface area contributed by atoms with E-state index in [0.717, 1.165) is 16.0 Å². The van der Waals surface area contributed by atoms with Crippen molar-refractivity contribution in [1.82, 2.24) is 0 Å². The van der Waals surface area contributed by atoms with Crippen LogP contribution in [0, 0.1) is 0 Å². The maximum Gasteiger partial charge on any atom is 0.187 e. The van der Waals surface area contributed by atoms with E-state index < -0.39 is 73.5 Å². The molecule has 11 atom stereocenters. The number of ether oxygens (including phenoxy) is 6. The van der Waals surface area contributed by atoms with Gasteiger partial charge in [0.15, 0.2) is 12.6 Å². The molecule has 3 aromatic carbocycles. The molecular formula is C32H36O10S. The van der Waals surface area contributed by atoms with Crippen LogP contribution in [-0.2, 0) is 35.0 Å². The third-order valence-electron chi connectivity index (χ3n) is 7.78. The van der Waals surface area contributed by atoms with Gasteiger partial charge in [-0.3, -0.25) is 0 Å². The molecule has 230 valence electrons. The zero-order valence-electron chi connectivity index (χ0n) is 23.3. The molecule has 3 aliphatic heterocycles. The maximum atomic E-state index is 11.6. The Hall–Kier alpha value is -2.39. The first kappa shape index (κ1) is 30.6. The molecule has 0 aromatic heterocycles. The molecule has 3 heterocycles. The summed E-state index contributed by atoms with van der Waals surface area (Å²) in [4.78, 5) is 0.830. The van der Waals surface area contributed by atoms with Gasteiger partial charge in [-0.15, -0.1) is 0 Å². The Morgan fingerprint density at radius 2 is 1.42 bits per heavy atom. The van der Waals surface area contributed by atoms with Crippen molar-refractivity contribution in [2.75, 3.05) is 13.2 Å². The van der Waals surface area contributed by atoms with Gasteiger partial charge in [0.05, 0.1) is 19.8 Å². The van der Waals surface area contributed by atoms with Gasteiger partial charge in [0.1, 0.15) is 54.3 Å². The molecule has 3 fully saturated rings. The van der Waals surface area contributed by atoms with Crippen molar-refractivity contribution in [3.63, 3.8) is 0 Å².